The highest BCUT2D eigenvalue weighted by molar-refractivity contribution is 7.98. The molecule has 1 N–H and O–H groups in total. The van der Waals surface area contributed by atoms with Gasteiger partial charge >= 0.3 is 0 Å². The van der Waals surface area contributed by atoms with Gasteiger partial charge in [-0.2, -0.15) is 0 Å². The molecule has 4 heterocycles. The number of hydrogen-bond donors (Lipinski definition) is 1. The average molecular weight is 609 g/mol. The topological polar surface area (TPSA) is 82.9 Å². The summed E-state index contributed by atoms with van der Waals surface area (Å²) >= 11 is 2.95. The molecule has 2 aliphatic heterocycles. The van der Waals surface area contributed by atoms with E-state index in [4.69, 9.17) is 18.6 Å². The lowest BCUT2D eigenvalue weighted by molar-refractivity contribution is -0.281. The van der Waals surface area contributed by atoms with Crippen molar-refractivity contribution in [3.05, 3.63) is 77.2 Å². The van der Waals surface area contributed by atoms with Gasteiger partial charge in [0.2, 0.25) is 5.79 Å². The van der Waals surface area contributed by atoms with Gasteiger partial charge in [0, 0.05) is 10.8 Å². The maximum absolute atomic E-state index is 12.3. The van der Waals surface area contributed by atoms with Crippen LogP contribution in [-0.4, -0.2) is 60.4 Å². The molecule has 0 amide bonds. The number of nitrogens with zero attached hydrogens (tertiary/aromatic N) is 2. The summed E-state index contributed by atoms with van der Waals surface area (Å²) in [7, 11) is -2.84. The maximum atomic E-state index is 12.3. The zero-order chi connectivity index (χ0) is 29.0. The number of aromatic nitrogens is 2. The van der Waals surface area contributed by atoms with Gasteiger partial charge in [-0.25, -0.2) is 9.97 Å². The van der Waals surface area contributed by atoms with Crippen LogP contribution in [0, 0.1) is 0 Å². The van der Waals surface area contributed by atoms with Crippen LogP contribution in [0.1, 0.15) is 39.5 Å². The van der Waals surface area contributed by atoms with Crippen molar-refractivity contribution in [1.29, 1.82) is 0 Å². The molecule has 10 heteroatoms. The van der Waals surface area contributed by atoms with Crippen molar-refractivity contribution in [3.63, 3.8) is 0 Å². The normalized spacial score (nSPS) is 26.0. The number of ether oxygens (including phenoxy) is 3. The highest BCUT2D eigenvalue weighted by Gasteiger charge is 2.65. The first-order chi connectivity index (χ1) is 19.5. The molecule has 0 aliphatic carbocycles. The van der Waals surface area contributed by atoms with E-state index in [0.29, 0.717) is 10.4 Å². The van der Waals surface area contributed by atoms with Crippen LogP contribution in [0.4, 0.5) is 0 Å². The molecule has 2 saturated heterocycles. The molecule has 0 saturated carbocycles. The van der Waals surface area contributed by atoms with Crippen molar-refractivity contribution in [3.8, 4) is 0 Å². The largest absolute Gasteiger partial charge is 0.405 e. The van der Waals surface area contributed by atoms with Gasteiger partial charge in [0.05, 0.1) is 17.0 Å². The van der Waals surface area contributed by atoms with E-state index >= 15 is 0 Å². The Labute approximate surface area is 250 Å². The van der Waals surface area contributed by atoms with Crippen LogP contribution in [0.2, 0.25) is 5.04 Å². The van der Waals surface area contributed by atoms with Gasteiger partial charge in [0.1, 0.15) is 29.7 Å². The Morgan fingerprint density at radius 2 is 1.61 bits per heavy atom. The summed E-state index contributed by atoms with van der Waals surface area (Å²) in [5.41, 5.74) is 0.664. The highest BCUT2D eigenvalue weighted by atomic mass is 32.2. The second-order valence-corrected chi connectivity index (χ2v) is 18.0. The van der Waals surface area contributed by atoms with Gasteiger partial charge in [-0.1, -0.05) is 81.4 Å². The van der Waals surface area contributed by atoms with Gasteiger partial charge in [-0.3, -0.25) is 0 Å². The molecule has 2 fully saturated rings. The summed E-state index contributed by atoms with van der Waals surface area (Å²) in [6.45, 7) is 10.7. The third-order valence-corrected chi connectivity index (χ3v) is 14.8. The van der Waals surface area contributed by atoms with Gasteiger partial charge < -0.3 is 23.7 Å². The van der Waals surface area contributed by atoms with Crippen molar-refractivity contribution in [2.75, 3.05) is 12.9 Å². The Morgan fingerprint density at radius 3 is 2.20 bits per heavy atom. The molecule has 2 aromatic carbocycles. The number of fused-ring (bicyclic) bond motifs is 2. The molecule has 0 spiro atoms. The molecular weight excluding hydrogens is 573 g/mol. The molecule has 2 aliphatic rings. The molecule has 41 heavy (non-hydrogen) atoms. The molecule has 0 bridgehead atoms. The van der Waals surface area contributed by atoms with Gasteiger partial charge in [0.15, 0.2) is 5.79 Å². The molecule has 4 atom stereocenters. The third kappa shape index (κ3) is 4.78. The maximum Gasteiger partial charge on any atom is 0.261 e. The number of hydrogen-bond acceptors (Lipinski definition) is 9. The zero-order valence-electron chi connectivity index (χ0n) is 24.2. The Bertz CT molecular complexity index is 1490. The lowest BCUT2D eigenvalue weighted by atomic mass is 10.0. The van der Waals surface area contributed by atoms with Crippen LogP contribution < -0.4 is 10.4 Å². The second kappa shape index (κ2) is 10.5. The van der Waals surface area contributed by atoms with E-state index in [1.807, 2.05) is 37.6 Å². The summed E-state index contributed by atoms with van der Waals surface area (Å²) in [6, 6.07) is 21.0. The first-order valence-corrected chi connectivity index (χ1v) is 17.8. The minimum Gasteiger partial charge on any atom is -0.405 e. The van der Waals surface area contributed by atoms with Crippen molar-refractivity contribution in [1.82, 2.24) is 9.97 Å². The molecule has 6 rings (SSSR count). The first-order valence-electron chi connectivity index (χ1n) is 13.8. The number of rotatable bonds is 7. The van der Waals surface area contributed by atoms with E-state index in [9.17, 15) is 5.11 Å². The smallest absolute Gasteiger partial charge is 0.261 e. The van der Waals surface area contributed by atoms with Crippen LogP contribution in [0.15, 0.2) is 77.4 Å². The van der Waals surface area contributed by atoms with E-state index in [1.165, 1.54) is 28.0 Å². The van der Waals surface area contributed by atoms with Crippen LogP contribution in [-0.2, 0) is 24.4 Å². The SMILES string of the molecule is CSc1ncnc2c(C3(O)O[C@H](CO[Si](c4ccccc4)(c4ccccc4)C(C)(C)C)[C@H]4OC(C)(C)O[C@H]43)scc12. The molecule has 216 valence electrons. The zero-order valence-corrected chi connectivity index (χ0v) is 26.8. The fourth-order valence-electron chi connectivity index (χ4n) is 6.27. The number of aliphatic hydroxyl groups is 1. The predicted octanol–water partition coefficient (Wildman–Crippen LogP) is 5.05. The quantitative estimate of drug-likeness (QED) is 0.177. The van der Waals surface area contributed by atoms with Crippen LogP contribution in [0.3, 0.4) is 0 Å². The Morgan fingerprint density at radius 1 is 0.976 bits per heavy atom. The fraction of sp³-hybridized carbons (Fsp3) is 0.419. The minimum atomic E-state index is -2.84. The summed E-state index contributed by atoms with van der Waals surface area (Å²) in [4.78, 5) is 9.52. The Hall–Kier alpha value is -2.15. The average Bonchev–Trinajstić information content (AvgIpc) is 3.60. The minimum absolute atomic E-state index is 0.203. The van der Waals surface area contributed by atoms with E-state index in [-0.39, 0.29) is 11.6 Å². The van der Waals surface area contributed by atoms with Gasteiger partial charge in [0.25, 0.3) is 8.32 Å². The third-order valence-electron chi connectivity index (χ3n) is 7.97. The van der Waals surface area contributed by atoms with Crippen molar-refractivity contribution in [2.45, 2.75) is 74.6 Å². The van der Waals surface area contributed by atoms with Crippen LogP contribution in [0.25, 0.3) is 10.9 Å². The summed E-state index contributed by atoms with van der Waals surface area (Å²) in [5.74, 6) is -2.65. The van der Waals surface area contributed by atoms with E-state index in [2.05, 4.69) is 79.3 Å². The predicted molar refractivity (Wildman–Crippen MR) is 165 cm³/mol. The Kier molecular flexibility index (Phi) is 7.44. The monoisotopic (exact) mass is 608 g/mol. The molecule has 0 radical (unpaired) electrons. The Balaban J connectivity index is 1.41. The molecule has 7 nitrogen and oxygen atoms in total. The molecular formula is C31H36N2O5S2Si. The molecule has 2 aromatic heterocycles. The summed E-state index contributed by atoms with van der Waals surface area (Å²) < 4.78 is 26.5. The van der Waals surface area contributed by atoms with Crippen molar-refractivity contribution in [2.24, 2.45) is 0 Å². The number of benzene rings is 2. The summed E-state index contributed by atoms with van der Waals surface area (Å²) in [5, 5.41) is 18.1. The lowest BCUT2D eigenvalue weighted by Gasteiger charge is -2.43. The number of thioether (sulfide) groups is 1. The highest BCUT2D eigenvalue weighted by Crippen LogP contribution is 2.51. The van der Waals surface area contributed by atoms with Crippen LogP contribution in [0.5, 0.6) is 0 Å². The summed E-state index contributed by atoms with van der Waals surface area (Å²) in [6.07, 6.45) is 1.64. The lowest BCUT2D eigenvalue weighted by Crippen LogP contribution is -2.67. The van der Waals surface area contributed by atoms with E-state index in [0.717, 1.165) is 10.4 Å². The second-order valence-electron chi connectivity index (χ2n) is 12.1. The van der Waals surface area contributed by atoms with E-state index in [1.54, 1.807) is 11.8 Å². The van der Waals surface area contributed by atoms with Gasteiger partial charge in [-0.05, 0) is 35.5 Å². The van der Waals surface area contributed by atoms with Crippen molar-refractivity contribution >= 4 is 52.7 Å². The molecule has 1 unspecified atom stereocenters. The standard InChI is InChI=1S/C31H36N2O5S2Si/c1-29(2,3)41(20-13-9-7-10-14-20,21-15-11-8-12-16-21)35-17-23-25-26(38-30(4,5)37-25)31(34,36-23)27-24-22(18-40-27)28(39-6)33-19-32-24/h7-16,18-19,23,25-26,34H,17H2,1-6H3/t23-,25-,26-,31?/m1/s1. The van der Waals surface area contributed by atoms with Crippen molar-refractivity contribution < 1.29 is 23.7 Å². The molecule has 4 aromatic rings. The number of thiophene rings is 1. The van der Waals surface area contributed by atoms with Crippen LogP contribution >= 0.6 is 23.1 Å². The first kappa shape index (κ1) is 28.9. The fourth-order valence-corrected chi connectivity index (χ4v) is 12.5. The van der Waals surface area contributed by atoms with Gasteiger partial charge in [-0.15, -0.1) is 23.1 Å². The van der Waals surface area contributed by atoms with E-state index < -0.39 is 38.2 Å².